The molecule has 0 spiro atoms. The number of anilines is 1. The van der Waals surface area contributed by atoms with Gasteiger partial charge in [-0.15, -0.1) is 0 Å². The minimum absolute atomic E-state index is 0.194. The van der Waals surface area contributed by atoms with Crippen molar-refractivity contribution in [3.05, 3.63) is 60.2 Å². The maximum atomic E-state index is 13.5. The predicted molar refractivity (Wildman–Crippen MR) is 119 cm³/mol. The molecule has 0 saturated heterocycles. The average Bonchev–Trinajstić information content (AvgIpc) is 3.33. The number of benzene rings is 2. The van der Waals surface area contributed by atoms with Gasteiger partial charge in [-0.25, -0.2) is 17.8 Å². The van der Waals surface area contributed by atoms with Crippen LogP contribution in [-0.2, 0) is 10.0 Å². The zero-order valence-electron chi connectivity index (χ0n) is 17.2. The van der Waals surface area contributed by atoms with Crippen molar-refractivity contribution in [2.24, 2.45) is 0 Å². The topological polar surface area (TPSA) is 79.2 Å². The number of rotatable bonds is 3. The largest absolute Gasteiger partial charge is 0.455 e. The summed E-state index contributed by atoms with van der Waals surface area (Å²) >= 11 is 0. The van der Waals surface area contributed by atoms with E-state index in [1.165, 1.54) is 22.7 Å². The van der Waals surface area contributed by atoms with Crippen molar-refractivity contribution in [2.75, 3.05) is 17.1 Å². The minimum Gasteiger partial charge on any atom is -0.455 e. The lowest BCUT2D eigenvalue weighted by molar-refractivity contribution is 0.593. The lowest BCUT2D eigenvalue weighted by atomic mass is 9.93. The number of imidazole rings is 1. The van der Waals surface area contributed by atoms with Gasteiger partial charge in [0.25, 0.3) is 0 Å². The van der Waals surface area contributed by atoms with Crippen LogP contribution in [0.2, 0.25) is 0 Å². The van der Waals surface area contributed by atoms with E-state index in [1.54, 1.807) is 24.5 Å². The van der Waals surface area contributed by atoms with Crippen molar-refractivity contribution < 1.29 is 17.2 Å². The van der Waals surface area contributed by atoms with Crippen molar-refractivity contribution >= 4 is 26.7 Å². The van der Waals surface area contributed by atoms with E-state index in [1.807, 2.05) is 12.1 Å². The summed E-state index contributed by atoms with van der Waals surface area (Å²) < 4.78 is 46.2. The first-order valence-corrected chi connectivity index (χ1v) is 12.0. The first-order chi connectivity index (χ1) is 14.8. The summed E-state index contributed by atoms with van der Waals surface area (Å²) in [6, 6.07) is 9.93. The van der Waals surface area contributed by atoms with E-state index >= 15 is 0 Å². The summed E-state index contributed by atoms with van der Waals surface area (Å²) in [5.41, 5.74) is 3.68. The van der Waals surface area contributed by atoms with Crippen LogP contribution in [0, 0.1) is 5.82 Å². The van der Waals surface area contributed by atoms with Crippen LogP contribution >= 0.6 is 0 Å². The number of aromatic nitrogens is 2. The summed E-state index contributed by atoms with van der Waals surface area (Å²) in [7, 11) is -3.43. The Balaban J connectivity index is 1.82. The van der Waals surface area contributed by atoms with Crippen molar-refractivity contribution in [3.63, 3.8) is 0 Å². The predicted octanol–water partition coefficient (Wildman–Crippen LogP) is 5.29. The summed E-state index contributed by atoms with van der Waals surface area (Å²) in [5.74, 6) is 1.06. The van der Waals surface area contributed by atoms with Crippen molar-refractivity contribution in [2.45, 2.75) is 25.7 Å². The van der Waals surface area contributed by atoms with E-state index in [-0.39, 0.29) is 11.7 Å². The first kappa shape index (κ1) is 19.8. The molecule has 160 valence electrons. The number of H-pyrrole nitrogens is 1. The molecule has 0 radical (unpaired) electrons. The number of furan rings is 1. The van der Waals surface area contributed by atoms with Crippen LogP contribution in [0.25, 0.3) is 33.7 Å². The molecule has 0 fully saturated rings. The Hall–Kier alpha value is -3.13. The second kappa shape index (κ2) is 7.23. The third-order valence-electron chi connectivity index (χ3n) is 5.88. The number of nitrogens with zero attached hydrogens (tertiary/aromatic N) is 2. The van der Waals surface area contributed by atoms with Crippen LogP contribution in [0.15, 0.2) is 53.2 Å². The van der Waals surface area contributed by atoms with E-state index in [2.05, 4.69) is 16.9 Å². The lowest BCUT2D eigenvalue weighted by Gasteiger charge is -2.23. The van der Waals surface area contributed by atoms with Gasteiger partial charge in [-0.2, -0.15) is 0 Å². The van der Waals surface area contributed by atoms with Gasteiger partial charge in [-0.3, -0.25) is 4.31 Å². The SMILES string of the molecule is CC1CCCN(S(C)(=O)=O)c2cc3oc(-c4ccc(F)cc4)c(-c4ncc[nH]4)c3cc21. The van der Waals surface area contributed by atoms with Crippen LogP contribution in [-0.4, -0.2) is 31.2 Å². The molecule has 0 aliphatic carbocycles. The first-order valence-electron chi connectivity index (χ1n) is 10.2. The average molecular weight is 440 g/mol. The van der Waals surface area contributed by atoms with Crippen molar-refractivity contribution in [3.8, 4) is 22.7 Å². The Morgan fingerprint density at radius 1 is 1.23 bits per heavy atom. The van der Waals surface area contributed by atoms with Gasteiger partial charge in [0, 0.05) is 36.0 Å². The van der Waals surface area contributed by atoms with Gasteiger partial charge in [0.05, 0.1) is 17.5 Å². The van der Waals surface area contributed by atoms with E-state index in [4.69, 9.17) is 4.42 Å². The molecular formula is C23H22FN3O3S. The Kier molecular flexibility index (Phi) is 4.62. The highest BCUT2D eigenvalue weighted by Gasteiger charge is 2.29. The van der Waals surface area contributed by atoms with E-state index < -0.39 is 10.0 Å². The molecule has 1 N–H and O–H groups in total. The standard InChI is InChI=1S/C23H22FN3O3S/c1-14-4-3-11-27(31(2,28)29)19-13-20-18(12-17(14)19)21(23-25-9-10-26-23)22(30-20)15-5-7-16(24)8-6-15/h5-10,12-14H,3-4,11H2,1-2H3,(H,25,26). The third-order valence-corrected chi connectivity index (χ3v) is 7.06. The quantitative estimate of drug-likeness (QED) is 0.470. The Morgan fingerprint density at radius 2 is 2.00 bits per heavy atom. The lowest BCUT2D eigenvalue weighted by Crippen LogP contribution is -2.30. The fourth-order valence-electron chi connectivity index (χ4n) is 4.36. The van der Waals surface area contributed by atoms with Crippen LogP contribution in [0.3, 0.4) is 0 Å². The second-order valence-electron chi connectivity index (χ2n) is 8.04. The number of fused-ring (bicyclic) bond motifs is 2. The van der Waals surface area contributed by atoms with Crippen molar-refractivity contribution in [1.29, 1.82) is 0 Å². The zero-order valence-corrected chi connectivity index (χ0v) is 18.0. The molecule has 1 unspecified atom stereocenters. The highest BCUT2D eigenvalue weighted by molar-refractivity contribution is 7.92. The van der Waals surface area contributed by atoms with Gasteiger partial charge in [-0.1, -0.05) is 6.92 Å². The Labute approximate surface area is 179 Å². The van der Waals surface area contributed by atoms with Crippen LogP contribution < -0.4 is 4.31 Å². The highest BCUT2D eigenvalue weighted by Crippen LogP contribution is 2.45. The molecule has 5 rings (SSSR count). The molecule has 0 bridgehead atoms. The van der Waals surface area contributed by atoms with Gasteiger partial charge in [0.15, 0.2) is 0 Å². The van der Waals surface area contributed by atoms with Gasteiger partial charge >= 0.3 is 0 Å². The molecule has 31 heavy (non-hydrogen) atoms. The zero-order chi connectivity index (χ0) is 21.8. The fraction of sp³-hybridized carbons (Fsp3) is 0.261. The number of hydrogen-bond donors (Lipinski definition) is 1. The van der Waals surface area contributed by atoms with Gasteiger partial charge in [0.1, 0.15) is 23.0 Å². The maximum absolute atomic E-state index is 13.5. The van der Waals surface area contributed by atoms with Gasteiger partial charge in [-0.05, 0) is 54.7 Å². The normalized spacial score (nSPS) is 17.0. The number of aromatic amines is 1. The molecule has 8 heteroatoms. The van der Waals surface area contributed by atoms with Crippen LogP contribution in [0.4, 0.5) is 10.1 Å². The molecule has 6 nitrogen and oxygen atoms in total. The van der Waals surface area contributed by atoms with Crippen molar-refractivity contribution in [1.82, 2.24) is 9.97 Å². The maximum Gasteiger partial charge on any atom is 0.232 e. The van der Waals surface area contributed by atoms with Gasteiger partial charge < -0.3 is 9.40 Å². The number of hydrogen-bond acceptors (Lipinski definition) is 4. The summed E-state index contributed by atoms with van der Waals surface area (Å²) in [6.07, 6.45) is 6.32. The van der Waals surface area contributed by atoms with Crippen LogP contribution in [0.1, 0.15) is 31.2 Å². The molecule has 4 aromatic rings. The monoisotopic (exact) mass is 439 g/mol. The molecule has 0 amide bonds. The molecule has 2 aromatic heterocycles. The summed E-state index contributed by atoms with van der Waals surface area (Å²) in [4.78, 5) is 7.56. The van der Waals surface area contributed by atoms with Crippen LogP contribution in [0.5, 0.6) is 0 Å². The molecule has 1 atom stereocenters. The van der Waals surface area contributed by atoms with E-state index in [0.717, 1.165) is 29.4 Å². The van der Waals surface area contributed by atoms with Gasteiger partial charge in [0.2, 0.25) is 10.0 Å². The fourth-order valence-corrected chi connectivity index (χ4v) is 5.34. The van der Waals surface area contributed by atoms with E-state index in [9.17, 15) is 12.8 Å². The molecule has 1 aliphatic heterocycles. The summed E-state index contributed by atoms with van der Waals surface area (Å²) in [5, 5.41) is 0.843. The third kappa shape index (κ3) is 3.40. The minimum atomic E-state index is -3.43. The molecule has 3 heterocycles. The van der Waals surface area contributed by atoms with E-state index in [0.29, 0.717) is 35.0 Å². The number of sulfonamides is 1. The molecular weight excluding hydrogens is 417 g/mol. The molecule has 2 aromatic carbocycles. The molecule has 1 aliphatic rings. The molecule has 0 saturated carbocycles. The number of nitrogens with one attached hydrogen (secondary N) is 1. The Bertz CT molecular complexity index is 1360. The highest BCUT2D eigenvalue weighted by atomic mass is 32.2. The summed E-state index contributed by atoms with van der Waals surface area (Å²) in [6.45, 7) is 2.56. The number of halogens is 1. The smallest absolute Gasteiger partial charge is 0.232 e. The second-order valence-corrected chi connectivity index (χ2v) is 9.94. The Morgan fingerprint density at radius 3 is 2.68 bits per heavy atom.